The highest BCUT2D eigenvalue weighted by Gasteiger charge is 2.27. The van der Waals surface area contributed by atoms with E-state index in [9.17, 15) is 8.78 Å². The minimum atomic E-state index is -0.740. The Bertz CT molecular complexity index is 467. The smallest absolute Gasteiger partial charge is 0.252 e. The van der Waals surface area contributed by atoms with E-state index < -0.39 is 11.6 Å². The number of anilines is 1. The normalized spacial score (nSPS) is 26.4. The number of nitrogens with zero attached hydrogens (tertiary/aromatic N) is 1. The summed E-state index contributed by atoms with van der Waals surface area (Å²) in [5.74, 6) is -0.281. The standard InChI is InChI=1S/C15H22F2N2O/c1-4-18-14-12(16)8-13(17)15(19-14)20-11-6-5-9(2)10(3)7-11/h8-11H,4-7H2,1-3H3,(H,18,19). The molecule has 3 unspecified atom stereocenters. The maximum absolute atomic E-state index is 13.7. The van der Waals surface area contributed by atoms with Crippen molar-refractivity contribution >= 4 is 5.82 Å². The van der Waals surface area contributed by atoms with Gasteiger partial charge in [0.25, 0.3) is 5.88 Å². The van der Waals surface area contributed by atoms with Crippen molar-refractivity contribution in [3.8, 4) is 5.88 Å². The molecule has 0 aliphatic heterocycles. The van der Waals surface area contributed by atoms with Gasteiger partial charge in [-0.05, 0) is 38.0 Å². The summed E-state index contributed by atoms with van der Waals surface area (Å²) in [4.78, 5) is 3.92. The maximum atomic E-state index is 13.7. The first-order chi connectivity index (χ1) is 9.51. The fraction of sp³-hybridized carbons (Fsp3) is 0.667. The van der Waals surface area contributed by atoms with E-state index in [4.69, 9.17) is 4.74 Å². The predicted octanol–water partition coefficient (Wildman–Crippen LogP) is 4.00. The first kappa shape index (κ1) is 15.0. The van der Waals surface area contributed by atoms with Crippen LogP contribution in [0, 0.1) is 23.5 Å². The lowest BCUT2D eigenvalue weighted by molar-refractivity contribution is 0.0922. The van der Waals surface area contributed by atoms with Crippen molar-refractivity contribution in [2.75, 3.05) is 11.9 Å². The summed E-state index contributed by atoms with van der Waals surface area (Å²) in [7, 11) is 0. The molecule has 1 aliphatic rings. The van der Waals surface area contributed by atoms with Gasteiger partial charge in [0.1, 0.15) is 6.10 Å². The molecule has 5 heteroatoms. The highest BCUT2D eigenvalue weighted by Crippen LogP contribution is 2.32. The minimum Gasteiger partial charge on any atom is -0.472 e. The number of aromatic nitrogens is 1. The molecular formula is C15H22F2N2O. The fourth-order valence-electron chi connectivity index (χ4n) is 2.59. The van der Waals surface area contributed by atoms with Crippen LogP contribution in [-0.2, 0) is 0 Å². The van der Waals surface area contributed by atoms with Gasteiger partial charge in [-0.15, -0.1) is 0 Å². The van der Waals surface area contributed by atoms with Crippen LogP contribution in [0.5, 0.6) is 5.88 Å². The molecule has 0 saturated heterocycles. The zero-order valence-corrected chi connectivity index (χ0v) is 12.2. The molecule has 1 aromatic rings. The van der Waals surface area contributed by atoms with Crippen LogP contribution >= 0.6 is 0 Å². The number of hydrogen-bond donors (Lipinski definition) is 1. The molecular weight excluding hydrogens is 262 g/mol. The molecule has 1 fully saturated rings. The Morgan fingerprint density at radius 1 is 1.25 bits per heavy atom. The van der Waals surface area contributed by atoms with Crippen LogP contribution < -0.4 is 10.1 Å². The monoisotopic (exact) mass is 284 g/mol. The maximum Gasteiger partial charge on any atom is 0.252 e. The Morgan fingerprint density at radius 3 is 2.65 bits per heavy atom. The molecule has 3 nitrogen and oxygen atoms in total. The largest absolute Gasteiger partial charge is 0.472 e. The summed E-state index contributed by atoms with van der Waals surface area (Å²) in [6, 6.07) is 0.829. The zero-order chi connectivity index (χ0) is 14.7. The van der Waals surface area contributed by atoms with E-state index in [0.717, 1.165) is 25.3 Å². The van der Waals surface area contributed by atoms with E-state index in [-0.39, 0.29) is 17.8 Å². The lowest BCUT2D eigenvalue weighted by Gasteiger charge is -2.32. The molecule has 1 aliphatic carbocycles. The third-order valence-electron chi connectivity index (χ3n) is 4.07. The van der Waals surface area contributed by atoms with Gasteiger partial charge in [-0.1, -0.05) is 13.8 Å². The first-order valence-corrected chi connectivity index (χ1v) is 7.27. The van der Waals surface area contributed by atoms with Gasteiger partial charge in [-0.3, -0.25) is 0 Å². The molecule has 0 aromatic carbocycles. The van der Waals surface area contributed by atoms with E-state index in [2.05, 4.69) is 24.1 Å². The van der Waals surface area contributed by atoms with Crippen molar-refractivity contribution < 1.29 is 13.5 Å². The lowest BCUT2D eigenvalue weighted by Crippen LogP contribution is -2.29. The van der Waals surface area contributed by atoms with Gasteiger partial charge >= 0.3 is 0 Å². The predicted molar refractivity (Wildman–Crippen MR) is 74.9 cm³/mol. The first-order valence-electron chi connectivity index (χ1n) is 7.27. The topological polar surface area (TPSA) is 34.2 Å². The molecule has 0 amide bonds. The molecule has 1 aromatic heterocycles. The molecule has 0 bridgehead atoms. The minimum absolute atomic E-state index is 0.0388. The van der Waals surface area contributed by atoms with Gasteiger partial charge in [0.2, 0.25) is 0 Å². The number of nitrogens with one attached hydrogen (secondary N) is 1. The molecule has 20 heavy (non-hydrogen) atoms. The molecule has 112 valence electrons. The van der Waals surface area contributed by atoms with Gasteiger partial charge in [0.15, 0.2) is 17.5 Å². The van der Waals surface area contributed by atoms with Crippen LogP contribution in [0.15, 0.2) is 6.07 Å². The van der Waals surface area contributed by atoms with Gasteiger partial charge in [-0.25, -0.2) is 8.78 Å². The Hall–Kier alpha value is -1.39. The van der Waals surface area contributed by atoms with Crippen LogP contribution in [0.1, 0.15) is 40.0 Å². The number of ether oxygens (including phenoxy) is 1. The zero-order valence-electron chi connectivity index (χ0n) is 12.2. The third kappa shape index (κ3) is 3.38. The average molecular weight is 284 g/mol. The van der Waals surface area contributed by atoms with Gasteiger partial charge in [-0.2, -0.15) is 4.98 Å². The molecule has 0 radical (unpaired) electrons. The van der Waals surface area contributed by atoms with E-state index in [1.807, 2.05) is 6.92 Å². The van der Waals surface area contributed by atoms with Gasteiger partial charge < -0.3 is 10.1 Å². The van der Waals surface area contributed by atoms with Crippen molar-refractivity contribution in [1.29, 1.82) is 0 Å². The summed E-state index contributed by atoms with van der Waals surface area (Å²) in [6.45, 7) is 6.75. The van der Waals surface area contributed by atoms with E-state index in [1.165, 1.54) is 0 Å². The summed E-state index contributed by atoms with van der Waals surface area (Å²) in [6.07, 6.45) is 2.80. The highest BCUT2D eigenvalue weighted by molar-refractivity contribution is 5.39. The lowest BCUT2D eigenvalue weighted by atomic mass is 9.80. The molecule has 1 heterocycles. The summed E-state index contributed by atoms with van der Waals surface area (Å²) < 4.78 is 32.9. The highest BCUT2D eigenvalue weighted by atomic mass is 19.1. The van der Waals surface area contributed by atoms with Crippen molar-refractivity contribution in [1.82, 2.24) is 4.98 Å². The molecule has 1 saturated carbocycles. The van der Waals surface area contributed by atoms with Crippen molar-refractivity contribution in [3.05, 3.63) is 17.7 Å². The second kappa shape index (κ2) is 6.37. The third-order valence-corrected chi connectivity index (χ3v) is 4.07. The van der Waals surface area contributed by atoms with Crippen LogP contribution in [0.3, 0.4) is 0 Å². The van der Waals surface area contributed by atoms with Crippen LogP contribution in [-0.4, -0.2) is 17.6 Å². The van der Waals surface area contributed by atoms with Gasteiger partial charge in [0.05, 0.1) is 0 Å². The number of halogens is 2. The summed E-state index contributed by atoms with van der Waals surface area (Å²) in [5.41, 5.74) is 0. The number of pyridine rings is 1. The van der Waals surface area contributed by atoms with E-state index in [0.29, 0.717) is 18.4 Å². The molecule has 2 rings (SSSR count). The van der Waals surface area contributed by atoms with Crippen LogP contribution in [0.2, 0.25) is 0 Å². The fourth-order valence-corrected chi connectivity index (χ4v) is 2.59. The van der Waals surface area contributed by atoms with Crippen molar-refractivity contribution in [2.45, 2.75) is 46.1 Å². The Balaban J connectivity index is 2.10. The second-order valence-corrected chi connectivity index (χ2v) is 5.64. The second-order valence-electron chi connectivity index (χ2n) is 5.64. The SMILES string of the molecule is CCNc1nc(OC2CCC(C)C(C)C2)c(F)cc1F. The Labute approximate surface area is 118 Å². The molecule has 1 N–H and O–H groups in total. The molecule has 3 atom stereocenters. The average Bonchev–Trinajstić information content (AvgIpc) is 2.39. The van der Waals surface area contributed by atoms with E-state index in [1.54, 1.807) is 0 Å². The number of hydrogen-bond acceptors (Lipinski definition) is 3. The van der Waals surface area contributed by atoms with Crippen LogP contribution in [0.4, 0.5) is 14.6 Å². The number of rotatable bonds is 4. The van der Waals surface area contributed by atoms with Crippen molar-refractivity contribution in [2.24, 2.45) is 11.8 Å². The Morgan fingerprint density at radius 2 is 2.00 bits per heavy atom. The molecule has 0 spiro atoms. The van der Waals surface area contributed by atoms with E-state index >= 15 is 0 Å². The van der Waals surface area contributed by atoms with Crippen molar-refractivity contribution in [3.63, 3.8) is 0 Å². The summed E-state index contributed by atoms with van der Waals surface area (Å²) in [5, 5.41) is 2.76. The quantitative estimate of drug-likeness (QED) is 0.907. The summed E-state index contributed by atoms with van der Waals surface area (Å²) >= 11 is 0. The van der Waals surface area contributed by atoms with Crippen LogP contribution in [0.25, 0.3) is 0 Å². The van der Waals surface area contributed by atoms with Gasteiger partial charge in [0, 0.05) is 12.6 Å². The Kier molecular flexibility index (Phi) is 4.78.